The van der Waals surface area contributed by atoms with Gasteiger partial charge in [0.1, 0.15) is 5.60 Å². The first-order chi connectivity index (χ1) is 9.22. The minimum Gasteiger partial charge on any atom is -0.444 e. The fourth-order valence-electron chi connectivity index (χ4n) is 2.69. The first kappa shape index (κ1) is 15.6. The lowest BCUT2D eigenvalue weighted by Crippen LogP contribution is -2.48. The molecule has 0 aromatic carbocycles. The van der Waals surface area contributed by atoms with Gasteiger partial charge in [-0.3, -0.25) is 4.90 Å². The van der Waals surface area contributed by atoms with Crippen molar-refractivity contribution in [3.05, 3.63) is 0 Å². The van der Waals surface area contributed by atoms with E-state index in [1.807, 2.05) is 0 Å². The number of likely N-dealkylation sites (tertiary alicyclic amines) is 1. The van der Waals surface area contributed by atoms with Crippen molar-refractivity contribution >= 4 is 16.1 Å². The molecule has 2 rings (SSSR count). The Morgan fingerprint density at radius 3 is 2.25 bits per heavy atom. The molecule has 0 aromatic heterocycles. The third kappa shape index (κ3) is 3.25. The van der Waals surface area contributed by atoms with Crippen molar-refractivity contribution < 1.29 is 17.9 Å². The number of ether oxygens (including phenoxy) is 1. The zero-order chi connectivity index (χ0) is 15.0. The molecule has 0 spiro atoms. The Hall–Kier alpha value is -0.820. The molecular weight excluding hydrogens is 280 g/mol. The first-order valence-corrected chi connectivity index (χ1v) is 8.71. The standard InChI is InChI=1S/C13H24N2O4S/c1-13(2,3)19-12(16)15-10-6-7-11(15)20(17,18)14-8-4-5-9-14/h11H,4-10H2,1-3H3. The van der Waals surface area contributed by atoms with Crippen LogP contribution in [0.2, 0.25) is 0 Å². The van der Waals surface area contributed by atoms with Gasteiger partial charge in [0.15, 0.2) is 5.37 Å². The molecule has 2 fully saturated rings. The quantitative estimate of drug-likeness (QED) is 0.780. The van der Waals surface area contributed by atoms with Gasteiger partial charge in [-0.1, -0.05) is 0 Å². The number of rotatable bonds is 2. The van der Waals surface area contributed by atoms with Crippen molar-refractivity contribution in [2.24, 2.45) is 0 Å². The molecule has 0 saturated carbocycles. The molecule has 0 aliphatic carbocycles. The first-order valence-electron chi connectivity index (χ1n) is 7.20. The van der Waals surface area contributed by atoms with Gasteiger partial charge in [-0.2, -0.15) is 0 Å². The van der Waals surface area contributed by atoms with Gasteiger partial charge >= 0.3 is 6.09 Å². The highest BCUT2D eigenvalue weighted by Gasteiger charge is 2.43. The van der Waals surface area contributed by atoms with E-state index in [0.29, 0.717) is 32.5 Å². The Balaban J connectivity index is 2.12. The van der Waals surface area contributed by atoms with Crippen molar-refractivity contribution in [1.82, 2.24) is 9.21 Å². The van der Waals surface area contributed by atoms with Crippen molar-refractivity contribution in [1.29, 1.82) is 0 Å². The summed E-state index contributed by atoms with van der Waals surface area (Å²) in [6.45, 7) is 6.94. The molecule has 1 amide bonds. The zero-order valence-corrected chi connectivity index (χ0v) is 13.3. The van der Waals surface area contributed by atoms with Crippen LogP contribution in [0.25, 0.3) is 0 Å². The van der Waals surface area contributed by atoms with Gasteiger partial charge in [-0.15, -0.1) is 0 Å². The van der Waals surface area contributed by atoms with Gasteiger partial charge in [0.25, 0.3) is 0 Å². The van der Waals surface area contributed by atoms with Gasteiger partial charge in [0.05, 0.1) is 0 Å². The zero-order valence-electron chi connectivity index (χ0n) is 12.5. The van der Waals surface area contributed by atoms with Crippen molar-refractivity contribution in [2.75, 3.05) is 19.6 Å². The number of sulfonamides is 1. The van der Waals surface area contributed by atoms with E-state index in [-0.39, 0.29) is 0 Å². The molecule has 2 aliphatic heterocycles. The molecule has 2 heterocycles. The van der Waals surface area contributed by atoms with Crippen LogP contribution < -0.4 is 0 Å². The predicted octanol–water partition coefficient (Wildman–Crippen LogP) is 1.77. The maximum Gasteiger partial charge on any atom is 0.411 e. The summed E-state index contributed by atoms with van der Waals surface area (Å²) in [6.07, 6.45) is 2.48. The van der Waals surface area contributed by atoms with E-state index in [1.165, 1.54) is 9.21 Å². The van der Waals surface area contributed by atoms with Crippen molar-refractivity contribution in [2.45, 2.75) is 57.4 Å². The van der Waals surface area contributed by atoms with Gasteiger partial charge in [0.2, 0.25) is 10.0 Å². The molecule has 20 heavy (non-hydrogen) atoms. The average Bonchev–Trinajstić information content (AvgIpc) is 2.99. The molecule has 6 nitrogen and oxygen atoms in total. The number of carbonyl (C=O) groups is 1. The van der Waals surface area contributed by atoms with Crippen LogP contribution >= 0.6 is 0 Å². The smallest absolute Gasteiger partial charge is 0.411 e. The normalized spacial score (nSPS) is 25.1. The Morgan fingerprint density at radius 1 is 1.10 bits per heavy atom. The largest absolute Gasteiger partial charge is 0.444 e. The summed E-state index contributed by atoms with van der Waals surface area (Å²) >= 11 is 0. The van der Waals surface area contributed by atoms with Crippen LogP contribution in [-0.4, -0.2) is 54.3 Å². The number of hydrogen-bond donors (Lipinski definition) is 0. The third-order valence-electron chi connectivity index (χ3n) is 3.59. The number of hydrogen-bond acceptors (Lipinski definition) is 4. The maximum absolute atomic E-state index is 12.6. The summed E-state index contributed by atoms with van der Waals surface area (Å²) in [5.41, 5.74) is -0.609. The van der Waals surface area contributed by atoms with Crippen molar-refractivity contribution in [3.63, 3.8) is 0 Å². The van der Waals surface area contributed by atoms with Gasteiger partial charge < -0.3 is 4.74 Å². The summed E-state index contributed by atoms with van der Waals surface area (Å²) < 4.78 is 32.0. The SMILES string of the molecule is CC(C)(C)OC(=O)N1CCCC1S(=O)(=O)N1CCCC1. The molecule has 0 N–H and O–H groups in total. The van der Waals surface area contributed by atoms with Gasteiger partial charge in [0, 0.05) is 19.6 Å². The fourth-order valence-corrected chi connectivity index (χ4v) is 4.78. The lowest BCUT2D eigenvalue weighted by Gasteiger charge is -2.30. The van der Waals surface area contributed by atoms with E-state index in [4.69, 9.17) is 4.74 Å². The Bertz CT molecular complexity index is 463. The predicted molar refractivity (Wildman–Crippen MR) is 75.7 cm³/mol. The minimum atomic E-state index is -3.43. The topological polar surface area (TPSA) is 66.9 Å². The Morgan fingerprint density at radius 2 is 1.70 bits per heavy atom. The minimum absolute atomic E-state index is 0.451. The third-order valence-corrected chi connectivity index (χ3v) is 5.86. The van der Waals surface area contributed by atoms with E-state index in [9.17, 15) is 13.2 Å². The number of nitrogens with zero attached hydrogens (tertiary/aromatic N) is 2. The number of amides is 1. The molecule has 0 bridgehead atoms. The summed E-state index contributed by atoms with van der Waals surface area (Å²) in [5.74, 6) is 0. The molecular formula is C13H24N2O4S. The molecule has 2 saturated heterocycles. The van der Waals surface area contributed by atoms with Crippen LogP contribution in [0.5, 0.6) is 0 Å². The summed E-state index contributed by atoms with van der Waals surface area (Å²) in [5, 5.41) is -0.754. The van der Waals surface area contributed by atoms with Gasteiger partial charge in [-0.25, -0.2) is 17.5 Å². The molecule has 7 heteroatoms. The number of carbonyl (C=O) groups excluding carboxylic acids is 1. The average molecular weight is 304 g/mol. The second kappa shape index (κ2) is 5.52. The summed E-state index contributed by atoms with van der Waals surface area (Å²) in [7, 11) is -3.43. The lowest BCUT2D eigenvalue weighted by molar-refractivity contribution is 0.0269. The highest BCUT2D eigenvalue weighted by Crippen LogP contribution is 2.28. The van der Waals surface area contributed by atoms with Gasteiger partial charge in [-0.05, 0) is 46.5 Å². The molecule has 116 valence electrons. The second-order valence-corrected chi connectivity index (χ2v) is 8.51. The molecule has 1 unspecified atom stereocenters. The highest BCUT2D eigenvalue weighted by atomic mass is 32.2. The highest BCUT2D eigenvalue weighted by molar-refractivity contribution is 7.89. The summed E-state index contributed by atoms with van der Waals surface area (Å²) in [4.78, 5) is 13.5. The fraction of sp³-hybridized carbons (Fsp3) is 0.923. The van der Waals surface area contributed by atoms with E-state index in [1.54, 1.807) is 20.8 Å². The van der Waals surface area contributed by atoms with Crippen LogP contribution in [-0.2, 0) is 14.8 Å². The van der Waals surface area contributed by atoms with Crippen LogP contribution in [0.3, 0.4) is 0 Å². The van der Waals surface area contributed by atoms with Crippen LogP contribution in [0, 0.1) is 0 Å². The lowest BCUT2D eigenvalue weighted by atomic mass is 10.2. The molecule has 0 aromatic rings. The molecule has 1 atom stereocenters. The summed E-state index contributed by atoms with van der Waals surface area (Å²) in [6, 6.07) is 0. The van der Waals surface area contributed by atoms with Crippen LogP contribution in [0.1, 0.15) is 46.5 Å². The Labute approximate surface area is 121 Å². The Kier molecular flexibility index (Phi) is 4.30. The van der Waals surface area contributed by atoms with E-state index in [0.717, 1.165) is 12.8 Å². The second-order valence-electron chi connectivity index (χ2n) is 6.42. The van der Waals surface area contributed by atoms with Crippen molar-refractivity contribution in [3.8, 4) is 0 Å². The maximum atomic E-state index is 12.6. The van der Waals surface area contributed by atoms with E-state index >= 15 is 0 Å². The molecule has 2 aliphatic rings. The van der Waals surface area contributed by atoms with E-state index < -0.39 is 27.1 Å². The monoisotopic (exact) mass is 304 g/mol. The molecule has 0 radical (unpaired) electrons. The van der Waals surface area contributed by atoms with E-state index in [2.05, 4.69) is 0 Å². The van der Waals surface area contributed by atoms with Crippen LogP contribution in [0.15, 0.2) is 0 Å². The van der Waals surface area contributed by atoms with Crippen LogP contribution in [0.4, 0.5) is 4.79 Å².